The summed E-state index contributed by atoms with van der Waals surface area (Å²) in [5.74, 6) is 0.449. The van der Waals surface area contributed by atoms with Crippen molar-refractivity contribution in [1.82, 2.24) is 9.88 Å². The molecule has 0 spiro atoms. The molecule has 1 amide bonds. The molecule has 0 N–H and O–H groups in total. The predicted octanol–water partition coefficient (Wildman–Crippen LogP) is 3.51. The highest BCUT2D eigenvalue weighted by Gasteiger charge is 2.33. The van der Waals surface area contributed by atoms with E-state index in [0.29, 0.717) is 18.0 Å². The molecule has 1 heterocycles. The van der Waals surface area contributed by atoms with Gasteiger partial charge in [0.15, 0.2) is 11.5 Å². The summed E-state index contributed by atoms with van der Waals surface area (Å²) >= 11 is 0. The van der Waals surface area contributed by atoms with E-state index in [4.69, 9.17) is 9.47 Å². The summed E-state index contributed by atoms with van der Waals surface area (Å²) in [6.07, 6.45) is 3.34. The molecule has 0 saturated heterocycles. The Morgan fingerprint density at radius 3 is 2.52 bits per heavy atom. The number of hydrogen-bond acceptors (Lipinski definition) is 5. The van der Waals surface area contributed by atoms with E-state index in [1.165, 1.54) is 26.5 Å². The summed E-state index contributed by atoms with van der Waals surface area (Å²) in [6.45, 7) is -2.60. The standard InChI is InChI=1S/C19H20F2N2O4/c1-25-16-9-12(3-7-15(16)27-19(20)21)11-23(14-5-6-14)18(24)13-4-8-17(26-2)22-10-13/h3-4,7-10,14,19H,5-6,11H2,1-2H3. The molecule has 0 unspecified atom stereocenters. The molecule has 27 heavy (non-hydrogen) atoms. The second-order valence-corrected chi connectivity index (χ2v) is 6.12. The van der Waals surface area contributed by atoms with Crippen molar-refractivity contribution >= 4 is 5.91 Å². The van der Waals surface area contributed by atoms with Crippen molar-refractivity contribution in [1.29, 1.82) is 0 Å². The molecule has 1 aromatic carbocycles. The number of alkyl halides is 2. The van der Waals surface area contributed by atoms with Gasteiger partial charge < -0.3 is 19.1 Å². The number of halogens is 2. The van der Waals surface area contributed by atoms with Crippen molar-refractivity contribution in [2.24, 2.45) is 0 Å². The molecule has 2 aromatic rings. The summed E-state index contributed by atoms with van der Waals surface area (Å²) in [6, 6.07) is 8.14. The lowest BCUT2D eigenvalue weighted by Gasteiger charge is -2.23. The second-order valence-electron chi connectivity index (χ2n) is 6.12. The number of pyridine rings is 1. The number of rotatable bonds is 8. The van der Waals surface area contributed by atoms with Crippen molar-refractivity contribution in [2.45, 2.75) is 32.0 Å². The fourth-order valence-corrected chi connectivity index (χ4v) is 2.75. The Balaban J connectivity index is 1.79. The summed E-state index contributed by atoms with van der Waals surface area (Å²) in [5, 5.41) is 0. The maximum atomic E-state index is 12.9. The molecular formula is C19H20F2N2O4. The maximum absolute atomic E-state index is 12.9. The van der Waals surface area contributed by atoms with Crippen LogP contribution in [-0.4, -0.2) is 42.7 Å². The number of nitrogens with zero attached hydrogens (tertiary/aromatic N) is 2. The Kier molecular flexibility index (Phi) is 5.73. The highest BCUT2D eigenvalue weighted by atomic mass is 19.3. The van der Waals surface area contributed by atoms with E-state index in [0.717, 1.165) is 18.4 Å². The van der Waals surface area contributed by atoms with E-state index in [9.17, 15) is 13.6 Å². The van der Waals surface area contributed by atoms with E-state index in [-0.39, 0.29) is 23.4 Å². The molecule has 1 aliphatic rings. The van der Waals surface area contributed by atoms with Crippen LogP contribution in [0.1, 0.15) is 28.8 Å². The summed E-state index contributed by atoms with van der Waals surface area (Å²) in [7, 11) is 2.89. The van der Waals surface area contributed by atoms with Crippen molar-refractivity contribution in [3.63, 3.8) is 0 Å². The number of aromatic nitrogens is 1. The number of hydrogen-bond donors (Lipinski definition) is 0. The molecule has 1 aromatic heterocycles. The fourth-order valence-electron chi connectivity index (χ4n) is 2.75. The van der Waals surface area contributed by atoms with Gasteiger partial charge >= 0.3 is 6.61 Å². The van der Waals surface area contributed by atoms with Gasteiger partial charge in [0, 0.05) is 24.8 Å². The third kappa shape index (κ3) is 4.64. The van der Waals surface area contributed by atoms with Crippen LogP contribution in [0.3, 0.4) is 0 Å². The van der Waals surface area contributed by atoms with Gasteiger partial charge in [-0.3, -0.25) is 4.79 Å². The quantitative estimate of drug-likeness (QED) is 0.704. The van der Waals surface area contributed by atoms with E-state index in [1.54, 1.807) is 29.2 Å². The molecule has 6 nitrogen and oxygen atoms in total. The van der Waals surface area contributed by atoms with Gasteiger partial charge in [-0.15, -0.1) is 0 Å². The zero-order valence-electron chi connectivity index (χ0n) is 15.0. The SMILES string of the molecule is COc1ccc(C(=O)N(Cc2ccc(OC(F)F)c(OC)c2)C2CC2)cn1. The Morgan fingerprint density at radius 1 is 1.19 bits per heavy atom. The van der Waals surface area contributed by atoms with Crippen LogP contribution in [0, 0.1) is 0 Å². The number of methoxy groups -OCH3 is 2. The lowest BCUT2D eigenvalue weighted by molar-refractivity contribution is -0.0512. The maximum Gasteiger partial charge on any atom is 0.387 e. The minimum Gasteiger partial charge on any atom is -0.493 e. The predicted molar refractivity (Wildman–Crippen MR) is 93.3 cm³/mol. The topological polar surface area (TPSA) is 60.9 Å². The first kappa shape index (κ1) is 18.9. The van der Waals surface area contributed by atoms with Crippen LogP contribution < -0.4 is 14.2 Å². The van der Waals surface area contributed by atoms with Crippen LogP contribution >= 0.6 is 0 Å². The molecular weight excluding hydrogens is 358 g/mol. The van der Waals surface area contributed by atoms with Gasteiger partial charge in [0.25, 0.3) is 5.91 Å². The lowest BCUT2D eigenvalue weighted by Crippen LogP contribution is -2.32. The van der Waals surface area contributed by atoms with Gasteiger partial charge in [0.1, 0.15) is 0 Å². The van der Waals surface area contributed by atoms with E-state index < -0.39 is 6.61 Å². The van der Waals surface area contributed by atoms with Gasteiger partial charge in [-0.1, -0.05) is 6.07 Å². The minimum atomic E-state index is -2.93. The summed E-state index contributed by atoms with van der Waals surface area (Å²) < 4.78 is 39.5. The Hall–Kier alpha value is -2.90. The first-order chi connectivity index (χ1) is 13.0. The highest BCUT2D eigenvalue weighted by molar-refractivity contribution is 5.94. The number of carbonyl (C=O) groups excluding carboxylic acids is 1. The van der Waals surface area contributed by atoms with Crippen LogP contribution in [0.15, 0.2) is 36.5 Å². The van der Waals surface area contributed by atoms with Crippen LogP contribution in [-0.2, 0) is 6.54 Å². The van der Waals surface area contributed by atoms with Gasteiger partial charge in [0.05, 0.1) is 19.8 Å². The third-order valence-electron chi connectivity index (χ3n) is 4.24. The molecule has 1 saturated carbocycles. The number of benzene rings is 1. The van der Waals surface area contributed by atoms with Crippen LogP contribution in [0.4, 0.5) is 8.78 Å². The minimum absolute atomic E-state index is 0.0418. The molecule has 1 fully saturated rings. The number of ether oxygens (including phenoxy) is 3. The highest BCUT2D eigenvalue weighted by Crippen LogP contribution is 2.33. The molecule has 3 rings (SSSR count). The van der Waals surface area contributed by atoms with E-state index >= 15 is 0 Å². The zero-order valence-corrected chi connectivity index (χ0v) is 15.0. The van der Waals surface area contributed by atoms with Gasteiger partial charge in [0.2, 0.25) is 5.88 Å². The van der Waals surface area contributed by atoms with Crippen molar-refractivity contribution in [3.05, 3.63) is 47.7 Å². The zero-order chi connectivity index (χ0) is 19.4. The second kappa shape index (κ2) is 8.20. The van der Waals surface area contributed by atoms with E-state index in [1.807, 2.05) is 0 Å². The third-order valence-corrected chi connectivity index (χ3v) is 4.24. The fraction of sp³-hybridized carbons (Fsp3) is 0.368. The average molecular weight is 378 g/mol. The Bertz CT molecular complexity index is 795. The monoisotopic (exact) mass is 378 g/mol. The van der Waals surface area contributed by atoms with Crippen LogP contribution in [0.25, 0.3) is 0 Å². The summed E-state index contributed by atoms with van der Waals surface area (Å²) in [5.41, 5.74) is 1.22. The van der Waals surface area contributed by atoms with Crippen molar-refractivity contribution < 1.29 is 27.8 Å². The smallest absolute Gasteiger partial charge is 0.387 e. The van der Waals surface area contributed by atoms with Crippen LogP contribution in [0.5, 0.6) is 17.4 Å². The molecule has 0 aliphatic heterocycles. The largest absolute Gasteiger partial charge is 0.493 e. The molecule has 8 heteroatoms. The van der Waals surface area contributed by atoms with Gasteiger partial charge in [-0.2, -0.15) is 8.78 Å². The summed E-state index contributed by atoms with van der Waals surface area (Å²) in [4.78, 5) is 18.7. The Labute approximate surface area is 155 Å². The normalized spacial score (nSPS) is 13.4. The first-order valence-electron chi connectivity index (χ1n) is 8.44. The molecule has 0 radical (unpaired) electrons. The lowest BCUT2D eigenvalue weighted by atomic mass is 10.1. The van der Waals surface area contributed by atoms with Crippen LogP contribution in [0.2, 0.25) is 0 Å². The van der Waals surface area contributed by atoms with Gasteiger partial charge in [-0.25, -0.2) is 4.98 Å². The number of carbonyl (C=O) groups is 1. The number of amides is 1. The van der Waals surface area contributed by atoms with E-state index in [2.05, 4.69) is 9.72 Å². The molecule has 0 atom stereocenters. The average Bonchev–Trinajstić information content (AvgIpc) is 3.51. The Morgan fingerprint density at radius 2 is 1.96 bits per heavy atom. The molecule has 144 valence electrons. The molecule has 0 bridgehead atoms. The van der Waals surface area contributed by atoms with Crippen molar-refractivity contribution in [2.75, 3.05) is 14.2 Å². The van der Waals surface area contributed by atoms with Gasteiger partial charge in [-0.05, 0) is 36.6 Å². The first-order valence-corrected chi connectivity index (χ1v) is 8.44. The van der Waals surface area contributed by atoms with Crippen molar-refractivity contribution in [3.8, 4) is 17.4 Å². The molecule has 1 aliphatic carbocycles.